The molecule has 0 aliphatic rings. The zero-order valence-corrected chi connectivity index (χ0v) is 16.3. The number of hydrogen-bond donors (Lipinski definition) is 3. The second-order valence-corrected chi connectivity index (χ2v) is 7.26. The minimum Gasteiger partial charge on any atom is -0.495 e. The first-order valence-electron chi connectivity index (χ1n) is 8.09. The molecule has 7 nitrogen and oxygen atoms in total. The number of hydrogen-bond acceptors (Lipinski definition) is 6. The molecule has 2 rings (SSSR count). The highest BCUT2D eigenvalue weighted by molar-refractivity contribution is 7.73. The summed E-state index contributed by atoms with van der Waals surface area (Å²) in [6.07, 6.45) is 0.930. The molecule has 136 valence electrons. The molecule has 1 atom stereocenters. The number of amides is 1. The van der Waals surface area contributed by atoms with Gasteiger partial charge in [0.25, 0.3) is 5.91 Å². The summed E-state index contributed by atoms with van der Waals surface area (Å²) in [5.41, 5.74) is 0.834. The molecule has 1 amide bonds. The van der Waals surface area contributed by atoms with E-state index in [0.29, 0.717) is 28.8 Å². The number of aromatic nitrogens is 2. The minimum absolute atomic E-state index is 0.0356. The van der Waals surface area contributed by atoms with E-state index < -0.39 is 0 Å². The van der Waals surface area contributed by atoms with Crippen molar-refractivity contribution in [2.24, 2.45) is 0 Å². The van der Waals surface area contributed by atoms with Crippen LogP contribution in [0.3, 0.4) is 0 Å². The standard InChI is InChI=1S/C16H23N5O2S2/c1-4-9-17-14(22)10-20(2)11-21-16(24)25-15(19-21)18-12-7-5-6-8-13(12)23-3/h5-8H,4,9-11H2,1-3H3,(H,17,22)(H,18,19)/p+1. The van der Waals surface area contributed by atoms with E-state index in [1.165, 1.54) is 11.3 Å². The number of rotatable bonds is 9. The third-order valence-corrected chi connectivity index (χ3v) is 4.63. The van der Waals surface area contributed by atoms with E-state index in [-0.39, 0.29) is 5.91 Å². The molecule has 25 heavy (non-hydrogen) atoms. The molecule has 0 saturated heterocycles. The van der Waals surface area contributed by atoms with Crippen LogP contribution in [0.4, 0.5) is 10.8 Å². The summed E-state index contributed by atoms with van der Waals surface area (Å²) in [6, 6.07) is 7.63. The summed E-state index contributed by atoms with van der Waals surface area (Å²) in [4.78, 5) is 12.8. The van der Waals surface area contributed by atoms with Gasteiger partial charge in [0.15, 0.2) is 17.2 Å². The molecule has 0 aliphatic carbocycles. The van der Waals surface area contributed by atoms with E-state index in [1.54, 1.807) is 11.8 Å². The molecule has 3 N–H and O–H groups in total. The summed E-state index contributed by atoms with van der Waals surface area (Å²) in [7, 11) is 3.57. The van der Waals surface area contributed by atoms with Gasteiger partial charge in [-0.2, -0.15) is 4.68 Å². The number of ether oxygens (including phenoxy) is 1. The highest BCUT2D eigenvalue weighted by Crippen LogP contribution is 2.28. The second-order valence-electron chi connectivity index (χ2n) is 5.64. The van der Waals surface area contributed by atoms with Crippen LogP contribution in [0.15, 0.2) is 24.3 Å². The smallest absolute Gasteiger partial charge is 0.275 e. The van der Waals surface area contributed by atoms with Crippen molar-refractivity contribution in [1.82, 2.24) is 15.1 Å². The van der Waals surface area contributed by atoms with Gasteiger partial charge in [-0.3, -0.25) is 4.79 Å². The molecule has 0 fully saturated rings. The molecule has 0 radical (unpaired) electrons. The van der Waals surface area contributed by atoms with E-state index in [4.69, 9.17) is 17.0 Å². The Hall–Kier alpha value is -1.97. The summed E-state index contributed by atoms with van der Waals surface area (Å²) in [6.45, 7) is 3.65. The maximum Gasteiger partial charge on any atom is 0.275 e. The van der Waals surface area contributed by atoms with E-state index in [1.807, 2.05) is 38.2 Å². The molecular formula is C16H24N5O2S2+. The molecule has 0 bridgehead atoms. The first-order chi connectivity index (χ1) is 12.0. The van der Waals surface area contributed by atoms with Crippen molar-refractivity contribution in [2.75, 3.05) is 32.6 Å². The van der Waals surface area contributed by atoms with E-state index in [9.17, 15) is 4.79 Å². The van der Waals surface area contributed by atoms with Crippen LogP contribution < -0.4 is 20.3 Å². The van der Waals surface area contributed by atoms with Gasteiger partial charge in [0, 0.05) is 6.54 Å². The average molecular weight is 383 g/mol. The number of carbonyl (C=O) groups excluding carboxylic acids is 1. The van der Waals surface area contributed by atoms with Gasteiger partial charge in [-0.25, -0.2) is 0 Å². The largest absolute Gasteiger partial charge is 0.495 e. The van der Waals surface area contributed by atoms with Crippen molar-refractivity contribution in [1.29, 1.82) is 0 Å². The zero-order chi connectivity index (χ0) is 18.2. The molecule has 0 spiro atoms. The number of benzene rings is 1. The second kappa shape index (κ2) is 9.50. The number of carbonyl (C=O) groups is 1. The number of methoxy groups -OCH3 is 1. The van der Waals surface area contributed by atoms with Gasteiger partial charge in [-0.15, -0.1) is 5.10 Å². The predicted molar refractivity (Wildman–Crippen MR) is 102 cm³/mol. The van der Waals surface area contributed by atoms with Crippen molar-refractivity contribution in [3.63, 3.8) is 0 Å². The minimum atomic E-state index is 0.0356. The van der Waals surface area contributed by atoms with Crippen molar-refractivity contribution >= 4 is 40.3 Å². The Bertz CT molecular complexity index is 759. The zero-order valence-electron chi connectivity index (χ0n) is 14.7. The van der Waals surface area contributed by atoms with Crippen LogP contribution in [0.2, 0.25) is 0 Å². The van der Waals surface area contributed by atoms with Gasteiger partial charge in [0.05, 0.1) is 19.8 Å². The Morgan fingerprint density at radius 2 is 2.20 bits per heavy atom. The SMILES string of the molecule is CCCNC(=O)C[NH+](C)Cn1nc(Nc2ccccc2OC)sc1=S. The summed E-state index contributed by atoms with van der Waals surface area (Å²) < 4.78 is 7.72. The Kier molecular flexibility index (Phi) is 7.35. The summed E-state index contributed by atoms with van der Waals surface area (Å²) in [5, 5.41) is 11.3. The highest BCUT2D eigenvalue weighted by Gasteiger charge is 2.13. The van der Waals surface area contributed by atoms with Crippen LogP contribution in [-0.2, 0) is 11.5 Å². The fraction of sp³-hybridized carbons (Fsp3) is 0.438. The van der Waals surface area contributed by atoms with Crippen molar-refractivity contribution in [3.05, 3.63) is 28.2 Å². The molecule has 0 aliphatic heterocycles. The van der Waals surface area contributed by atoms with Crippen LogP contribution in [-0.4, -0.2) is 42.9 Å². The summed E-state index contributed by atoms with van der Waals surface area (Å²) >= 11 is 6.78. The maximum atomic E-state index is 11.8. The lowest BCUT2D eigenvalue weighted by atomic mass is 10.3. The number of quaternary nitrogens is 1. The topological polar surface area (TPSA) is 72.6 Å². The van der Waals surface area contributed by atoms with Crippen molar-refractivity contribution < 1.29 is 14.4 Å². The highest BCUT2D eigenvalue weighted by atomic mass is 32.1. The quantitative estimate of drug-likeness (QED) is 0.572. The number of para-hydroxylation sites is 2. The number of anilines is 2. The lowest BCUT2D eigenvalue weighted by molar-refractivity contribution is -0.895. The van der Waals surface area contributed by atoms with E-state index >= 15 is 0 Å². The molecule has 0 saturated carbocycles. The Labute approximate surface area is 156 Å². The number of likely N-dealkylation sites (N-methyl/N-ethyl adjacent to an activating group) is 1. The first-order valence-corrected chi connectivity index (χ1v) is 9.32. The van der Waals surface area contributed by atoms with E-state index in [2.05, 4.69) is 15.7 Å². The fourth-order valence-corrected chi connectivity index (χ4v) is 3.25. The van der Waals surface area contributed by atoms with Crippen molar-refractivity contribution in [3.8, 4) is 5.75 Å². The molecule has 1 heterocycles. The Morgan fingerprint density at radius 1 is 1.44 bits per heavy atom. The fourth-order valence-electron chi connectivity index (χ4n) is 2.23. The number of nitrogens with one attached hydrogen (secondary N) is 3. The van der Waals surface area contributed by atoms with Gasteiger partial charge < -0.3 is 20.3 Å². The molecule has 1 unspecified atom stereocenters. The third-order valence-electron chi connectivity index (χ3n) is 3.41. The molecule has 1 aromatic heterocycles. The third kappa shape index (κ3) is 5.80. The normalized spacial score (nSPS) is 11.8. The predicted octanol–water partition coefficient (Wildman–Crippen LogP) is 1.42. The molecule has 9 heteroatoms. The van der Waals surface area contributed by atoms with E-state index in [0.717, 1.165) is 22.8 Å². The van der Waals surface area contributed by atoms with Gasteiger partial charge in [0.2, 0.25) is 5.13 Å². The van der Waals surface area contributed by atoms with Gasteiger partial charge in [-0.05, 0) is 30.8 Å². The summed E-state index contributed by atoms with van der Waals surface area (Å²) in [5.74, 6) is 0.777. The monoisotopic (exact) mass is 382 g/mol. The van der Waals surface area contributed by atoms with Gasteiger partial charge >= 0.3 is 0 Å². The first kappa shape index (κ1) is 19.4. The molecule has 2 aromatic rings. The van der Waals surface area contributed by atoms with Gasteiger partial charge in [0.1, 0.15) is 5.75 Å². The molecular weight excluding hydrogens is 358 g/mol. The number of nitrogens with zero attached hydrogens (tertiary/aromatic N) is 2. The van der Waals surface area contributed by atoms with Crippen LogP contribution in [0.1, 0.15) is 13.3 Å². The van der Waals surface area contributed by atoms with Crippen LogP contribution >= 0.6 is 23.6 Å². The molecule has 1 aromatic carbocycles. The Morgan fingerprint density at radius 3 is 2.92 bits per heavy atom. The van der Waals surface area contributed by atoms with Crippen LogP contribution in [0, 0.1) is 3.95 Å². The van der Waals surface area contributed by atoms with Crippen LogP contribution in [0.5, 0.6) is 5.75 Å². The lowest BCUT2D eigenvalue weighted by Gasteiger charge is -2.13. The Balaban J connectivity index is 2.00. The van der Waals surface area contributed by atoms with Gasteiger partial charge in [-0.1, -0.05) is 30.4 Å². The van der Waals surface area contributed by atoms with Crippen LogP contribution in [0.25, 0.3) is 0 Å². The average Bonchev–Trinajstić information content (AvgIpc) is 2.92. The maximum absolute atomic E-state index is 11.8. The van der Waals surface area contributed by atoms with Crippen molar-refractivity contribution in [2.45, 2.75) is 20.0 Å². The lowest BCUT2D eigenvalue weighted by Crippen LogP contribution is -3.09.